The van der Waals surface area contributed by atoms with E-state index < -0.39 is 0 Å². The van der Waals surface area contributed by atoms with Gasteiger partial charge in [-0.15, -0.1) is 0 Å². The highest BCUT2D eigenvalue weighted by Crippen LogP contribution is 2.36. The third-order valence-electron chi connectivity index (χ3n) is 5.39. The summed E-state index contributed by atoms with van der Waals surface area (Å²) < 4.78 is 0. The summed E-state index contributed by atoms with van der Waals surface area (Å²) in [5, 5.41) is 12.8. The van der Waals surface area contributed by atoms with Crippen LogP contribution in [0.1, 0.15) is 60.1 Å². The molecule has 2 aromatic heterocycles. The molecule has 2 heterocycles. The number of anilines is 2. The Labute approximate surface area is 153 Å². The minimum absolute atomic E-state index is 0.211. The predicted molar refractivity (Wildman–Crippen MR) is 100 cm³/mol. The lowest BCUT2D eigenvalue weighted by molar-refractivity contribution is 0.0732. The van der Waals surface area contributed by atoms with Crippen LogP contribution in [0.5, 0.6) is 0 Å². The minimum atomic E-state index is -0.211. The molecule has 4 N–H and O–H groups in total. The van der Waals surface area contributed by atoms with Crippen LogP contribution < -0.4 is 11.1 Å². The van der Waals surface area contributed by atoms with E-state index in [2.05, 4.69) is 27.2 Å². The molecule has 138 valence electrons. The zero-order valence-corrected chi connectivity index (χ0v) is 15.2. The summed E-state index contributed by atoms with van der Waals surface area (Å²) in [5.74, 6) is 2.17. The fraction of sp³-hybridized carbons (Fsp3) is 0.579. The van der Waals surface area contributed by atoms with Gasteiger partial charge in [0.1, 0.15) is 11.6 Å². The van der Waals surface area contributed by atoms with Gasteiger partial charge in [0, 0.05) is 36.3 Å². The fourth-order valence-electron chi connectivity index (χ4n) is 3.87. The number of nitrogens with two attached hydrogens (primary N) is 1. The first-order chi connectivity index (χ1) is 12.6. The van der Waals surface area contributed by atoms with Gasteiger partial charge < -0.3 is 16.2 Å². The number of nitrogens with one attached hydrogen (secondary N) is 1. The van der Waals surface area contributed by atoms with Crippen molar-refractivity contribution in [3.63, 3.8) is 0 Å². The number of aliphatic hydroxyl groups is 1. The molecule has 0 spiro atoms. The van der Waals surface area contributed by atoms with Crippen LogP contribution in [-0.2, 0) is 19.3 Å². The highest BCUT2D eigenvalue weighted by Gasteiger charge is 2.30. The number of aryl methyl sites for hydroxylation is 2. The van der Waals surface area contributed by atoms with Crippen molar-refractivity contribution in [3.05, 3.63) is 34.5 Å². The SMILES string of the molecule is Cc1nc(CCNc2cc(C3CC(O)C3)nc(N)n2)nc2c1CCCC2. The number of nitrogens with zero attached hydrogens (tertiary/aromatic N) is 4. The van der Waals surface area contributed by atoms with Crippen molar-refractivity contribution in [2.45, 2.75) is 63.9 Å². The topological polar surface area (TPSA) is 110 Å². The third kappa shape index (κ3) is 3.62. The molecule has 4 rings (SSSR count). The molecule has 1 saturated carbocycles. The molecule has 0 atom stereocenters. The van der Waals surface area contributed by atoms with E-state index in [1.165, 1.54) is 24.1 Å². The standard InChI is InChI=1S/C19H26N6O/c1-11-14-4-2-3-5-15(14)23-17(22-11)6-7-21-18-10-16(24-19(20)25-18)12-8-13(26)9-12/h10,12-13,26H,2-9H2,1H3,(H3,20,21,24,25). The first-order valence-corrected chi connectivity index (χ1v) is 9.50. The summed E-state index contributed by atoms with van der Waals surface area (Å²) in [5.41, 5.74) is 10.5. The quantitative estimate of drug-likeness (QED) is 0.752. The zero-order chi connectivity index (χ0) is 18.1. The maximum Gasteiger partial charge on any atom is 0.222 e. The summed E-state index contributed by atoms with van der Waals surface area (Å²) >= 11 is 0. The summed E-state index contributed by atoms with van der Waals surface area (Å²) in [6.45, 7) is 2.79. The number of hydrogen-bond donors (Lipinski definition) is 3. The van der Waals surface area contributed by atoms with Crippen LogP contribution in [-0.4, -0.2) is 37.7 Å². The van der Waals surface area contributed by atoms with E-state index in [-0.39, 0.29) is 18.0 Å². The van der Waals surface area contributed by atoms with Crippen molar-refractivity contribution < 1.29 is 5.11 Å². The highest BCUT2D eigenvalue weighted by atomic mass is 16.3. The van der Waals surface area contributed by atoms with Crippen molar-refractivity contribution in [1.29, 1.82) is 0 Å². The molecule has 1 fully saturated rings. The second-order valence-electron chi connectivity index (χ2n) is 7.39. The Bertz CT molecular complexity index is 803. The second kappa shape index (κ2) is 7.15. The number of hydrogen-bond acceptors (Lipinski definition) is 7. The van der Waals surface area contributed by atoms with Crippen LogP contribution in [0, 0.1) is 6.92 Å². The molecule has 0 saturated heterocycles. The van der Waals surface area contributed by atoms with Crippen molar-refractivity contribution in [1.82, 2.24) is 19.9 Å². The Kier molecular flexibility index (Phi) is 4.72. The predicted octanol–water partition coefficient (Wildman–Crippen LogP) is 1.93. The molecule has 7 nitrogen and oxygen atoms in total. The lowest BCUT2D eigenvalue weighted by atomic mass is 9.80. The molecule has 2 aliphatic carbocycles. The van der Waals surface area contributed by atoms with Crippen molar-refractivity contribution >= 4 is 11.8 Å². The van der Waals surface area contributed by atoms with Crippen LogP contribution in [0.2, 0.25) is 0 Å². The van der Waals surface area contributed by atoms with Gasteiger partial charge in [0.15, 0.2) is 0 Å². The Hall–Kier alpha value is -2.28. The summed E-state index contributed by atoms with van der Waals surface area (Å²) in [6, 6.07) is 1.94. The molecular formula is C19H26N6O. The number of aliphatic hydroxyl groups excluding tert-OH is 1. The molecule has 7 heteroatoms. The van der Waals surface area contributed by atoms with E-state index in [1.54, 1.807) is 0 Å². The molecule has 2 aromatic rings. The molecule has 0 bridgehead atoms. The van der Waals surface area contributed by atoms with Gasteiger partial charge in [-0.05, 0) is 51.0 Å². The third-order valence-corrected chi connectivity index (χ3v) is 5.39. The summed E-state index contributed by atoms with van der Waals surface area (Å²) in [6.07, 6.45) is 6.67. The van der Waals surface area contributed by atoms with Gasteiger partial charge in [0.25, 0.3) is 0 Å². The molecule has 0 unspecified atom stereocenters. The van der Waals surface area contributed by atoms with Gasteiger partial charge in [-0.1, -0.05) is 0 Å². The first kappa shape index (κ1) is 17.1. The Morgan fingerprint density at radius 1 is 1.15 bits per heavy atom. The molecular weight excluding hydrogens is 328 g/mol. The maximum atomic E-state index is 9.49. The van der Waals surface area contributed by atoms with E-state index in [9.17, 15) is 5.11 Å². The van der Waals surface area contributed by atoms with Crippen molar-refractivity contribution in [2.75, 3.05) is 17.6 Å². The van der Waals surface area contributed by atoms with Gasteiger partial charge in [-0.2, -0.15) is 4.98 Å². The van der Waals surface area contributed by atoms with E-state index >= 15 is 0 Å². The number of fused-ring (bicyclic) bond motifs is 1. The van der Waals surface area contributed by atoms with Gasteiger partial charge >= 0.3 is 0 Å². The summed E-state index contributed by atoms with van der Waals surface area (Å²) in [4.78, 5) is 18.0. The summed E-state index contributed by atoms with van der Waals surface area (Å²) in [7, 11) is 0. The van der Waals surface area contributed by atoms with E-state index in [4.69, 9.17) is 10.7 Å². The Morgan fingerprint density at radius 3 is 2.77 bits per heavy atom. The largest absolute Gasteiger partial charge is 0.393 e. The first-order valence-electron chi connectivity index (χ1n) is 9.50. The van der Waals surface area contributed by atoms with Crippen molar-refractivity contribution in [3.8, 4) is 0 Å². The zero-order valence-electron chi connectivity index (χ0n) is 15.2. The van der Waals surface area contributed by atoms with E-state index in [1.807, 2.05) is 6.07 Å². The lowest BCUT2D eigenvalue weighted by Gasteiger charge is -2.30. The van der Waals surface area contributed by atoms with Gasteiger partial charge in [0.2, 0.25) is 5.95 Å². The molecule has 26 heavy (non-hydrogen) atoms. The number of nitrogen functional groups attached to an aromatic ring is 1. The van der Waals surface area contributed by atoms with Gasteiger partial charge in [0.05, 0.1) is 11.8 Å². The van der Waals surface area contributed by atoms with Crippen LogP contribution >= 0.6 is 0 Å². The number of aromatic nitrogens is 4. The maximum absolute atomic E-state index is 9.49. The molecule has 0 radical (unpaired) electrons. The molecule has 2 aliphatic rings. The number of rotatable bonds is 5. The Morgan fingerprint density at radius 2 is 1.96 bits per heavy atom. The normalized spacial score (nSPS) is 21.8. The van der Waals surface area contributed by atoms with E-state index in [0.29, 0.717) is 6.54 Å². The van der Waals surface area contributed by atoms with Crippen LogP contribution in [0.25, 0.3) is 0 Å². The minimum Gasteiger partial charge on any atom is -0.393 e. The van der Waals surface area contributed by atoms with Crippen LogP contribution in [0.3, 0.4) is 0 Å². The monoisotopic (exact) mass is 354 g/mol. The fourth-order valence-corrected chi connectivity index (χ4v) is 3.87. The smallest absolute Gasteiger partial charge is 0.222 e. The van der Waals surface area contributed by atoms with Crippen LogP contribution in [0.15, 0.2) is 6.07 Å². The second-order valence-corrected chi connectivity index (χ2v) is 7.39. The van der Waals surface area contributed by atoms with E-state index in [0.717, 1.165) is 55.1 Å². The van der Waals surface area contributed by atoms with Gasteiger partial charge in [-0.3, -0.25) is 0 Å². The average Bonchev–Trinajstić information content (AvgIpc) is 2.59. The Balaban J connectivity index is 1.40. The highest BCUT2D eigenvalue weighted by molar-refractivity contribution is 5.42. The van der Waals surface area contributed by atoms with Crippen LogP contribution in [0.4, 0.5) is 11.8 Å². The average molecular weight is 354 g/mol. The molecule has 0 aromatic carbocycles. The van der Waals surface area contributed by atoms with Crippen molar-refractivity contribution in [2.24, 2.45) is 0 Å². The molecule has 0 aliphatic heterocycles. The molecule has 0 amide bonds. The lowest BCUT2D eigenvalue weighted by Crippen LogP contribution is -2.27. The van der Waals surface area contributed by atoms with Gasteiger partial charge in [-0.25, -0.2) is 15.0 Å².